The second-order valence-corrected chi connectivity index (χ2v) is 11.6. The van der Waals surface area contributed by atoms with E-state index in [1.54, 1.807) is 22.7 Å². The Morgan fingerprint density at radius 1 is 0.647 bits per heavy atom. The Bertz CT molecular complexity index is 885. The lowest BCUT2D eigenvalue weighted by Crippen LogP contribution is -1.95. The average molecular weight is 501 g/mol. The monoisotopic (exact) mass is 500 g/mol. The van der Waals surface area contributed by atoms with E-state index in [0.717, 1.165) is 35.2 Å². The second-order valence-electron chi connectivity index (χ2n) is 9.51. The quantitative estimate of drug-likeness (QED) is 0.154. The van der Waals surface area contributed by atoms with Gasteiger partial charge in [0.15, 0.2) is 10.9 Å². The van der Waals surface area contributed by atoms with Crippen LogP contribution in [-0.4, -0.2) is 16.6 Å². The number of aromatic nitrogens is 2. The molecule has 188 valence electrons. The van der Waals surface area contributed by atoms with Crippen molar-refractivity contribution < 1.29 is 4.74 Å². The minimum atomic E-state index is 0.833. The summed E-state index contributed by atoms with van der Waals surface area (Å²) in [4.78, 5) is 10.4. The Morgan fingerprint density at radius 3 is 1.82 bits per heavy atom. The van der Waals surface area contributed by atoms with Crippen LogP contribution < -0.4 is 4.74 Å². The van der Waals surface area contributed by atoms with Crippen molar-refractivity contribution in [3.05, 3.63) is 30.1 Å². The van der Waals surface area contributed by atoms with E-state index in [2.05, 4.69) is 35.9 Å². The van der Waals surface area contributed by atoms with Gasteiger partial charge in [-0.2, -0.15) is 0 Å². The van der Waals surface area contributed by atoms with Crippen molar-refractivity contribution in [2.75, 3.05) is 6.61 Å². The molecule has 3 aromatic heterocycles. The number of nitrogens with zero attached hydrogens (tertiary/aromatic N) is 2. The van der Waals surface area contributed by atoms with Gasteiger partial charge in [0, 0.05) is 27.9 Å². The second kappa shape index (κ2) is 16.3. The molecule has 0 fully saturated rings. The van der Waals surface area contributed by atoms with Crippen molar-refractivity contribution in [3.63, 3.8) is 0 Å². The number of hydrogen-bond donors (Lipinski definition) is 0. The highest BCUT2D eigenvalue weighted by Gasteiger charge is 2.11. The Hall–Kier alpha value is -1.46. The molecule has 0 bridgehead atoms. The van der Waals surface area contributed by atoms with Crippen molar-refractivity contribution in [2.24, 2.45) is 0 Å². The van der Waals surface area contributed by atoms with Crippen LogP contribution in [0, 0.1) is 0 Å². The number of ether oxygens (including phenoxy) is 1. The lowest BCUT2D eigenvalue weighted by Gasteiger charge is -2.04. The third-order valence-electron chi connectivity index (χ3n) is 6.42. The highest BCUT2D eigenvalue weighted by Crippen LogP contribution is 2.40. The maximum absolute atomic E-state index is 6.04. The Balaban J connectivity index is 1.33. The summed E-state index contributed by atoms with van der Waals surface area (Å²) in [6, 6.07) is 4.41. The highest BCUT2D eigenvalue weighted by molar-refractivity contribution is 7.30. The van der Waals surface area contributed by atoms with Gasteiger partial charge in [-0.25, -0.2) is 9.97 Å². The van der Waals surface area contributed by atoms with Crippen LogP contribution in [0.4, 0.5) is 0 Å². The van der Waals surface area contributed by atoms with Crippen LogP contribution in [0.2, 0.25) is 0 Å². The Labute approximate surface area is 215 Å². The standard InChI is InChI=1S/C29H44N2OS2/c1-3-5-7-9-10-11-12-13-15-17-19-32-28-21-26-25(34-28)20-27(33-26)29-30-22-24(23-31-29)18-16-14-8-6-4-2/h20-23H,3-19H2,1-2H3. The third-order valence-corrected chi connectivity index (χ3v) is 8.62. The maximum atomic E-state index is 6.04. The van der Waals surface area contributed by atoms with Gasteiger partial charge >= 0.3 is 0 Å². The van der Waals surface area contributed by atoms with Crippen molar-refractivity contribution in [1.29, 1.82) is 0 Å². The van der Waals surface area contributed by atoms with E-state index in [4.69, 9.17) is 4.74 Å². The fraction of sp³-hybridized carbons (Fsp3) is 0.655. The molecule has 0 unspecified atom stereocenters. The van der Waals surface area contributed by atoms with Crippen LogP contribution in [0.3, 0.4) is 0 Å². The molecule has 0 atom stereocenters. The summed E-state index contributed by atoms with van der Waals surface area (Å²) in [5, 5.41) is 1.04. The lowest BCUT2D eigenvalue weighted by atomic mass is 10.1. The first-order valence-corrected chi connectivity index (χ1v) is 15.4. The smallest absolute Gasteiger partial charge is 0.175 e. The molecule has 34 heavy (non-hydrogen) atoms. The van der Waals surface area contributed by atoms with Gasteiger partial charge in [0.05, 0.1) is 11.5 Å². The number of fused-ring (bicyclic) bond motifs is 1. The summed E-state index contributed by atoms with van der Waals surface area (Å²) in [5.74, 6) is 0.843. The van der Waals surface area contributed by atoms with Crippen molar-refractivity contribution in [1.82, 2.24) is 9.97 Å². The van der Waals surface area contributed by atoms with Crippen LogP contribution in [0.25, 0.3) is 20.1 Å². The van der Waals surface area contributed by atoms with E-state index in [-0.39, 0.29) is 0 Å². The molecule has 5 heteroatoms. The summed E-state index contributed by atoms with van der Waals surface area (Å²) in [5.41, 5.74) is 1.25. The molecule has 0 N–H and O–H groups in total. The first-order valence-electron chi connectivity index (χ1n) is 13.8. The van der Waals surface area contributed by atoms with Crippen molar-refractivity contribution >= 4 is 32.1 Å². The van der Waals surface area contributed by atoms with E-state index < -0.39 is 0 Å². The maximum Gasteiger partial charge on any atom is 0.175 e. The molecule has 0 aromatic carbocycles. The minimum absolute atomic E-state index is 0.833. The number of aryl methyl sites for hydroxylation is 1. The van der Waals surface area contributed by atoms with E-state index in [1.165, 1.54) is 105 Å². The van der Waals surface area contributed by atoms with Crippen LogP contribution in [0.5, 0.6) is 5.06 Å². The number of unbranched alkanes of at least 4 members (excludes halogenated alkanes) is 13. The van der Waals surface area contributed by atoms with Gasteiger partial charge in [-0.15, -0.1) is 11.3 Å². The largest absolute Gasteiger partial charge is 0.484 e. The predicted molar refractivity (Wildman–Crippen MR) is 151 cm³/mol. The first-order chi connectivity index (χ1) is 16.8. The third kappa shape index (κ3) is 9.65. The van der Waals surface area contributed by atoms with Gasteiger partial charge in [-0.3, -0.25) is 0 Å². The lowest BCUT2D eigenvalue weighted by molar-refractivity contribution is 0.313. The molecule has 3 rings (SSSR count). The van der Waals surface area contributed by atoms with Crippen molar-refractivity contribution in [3.8, 4) is 15.8 Å². The molecule has 0 aliphatic carbocycles. The Morgan fingerprint density at radius 2 is 1.21 bits per heavy atom. The van der Waals surface area contributed by atoms with Crippen LogP contribution in [-0.2, 0) is 6.42 Å². The molecule has 3 heterocycles. The zero-order chi connectivity index (χ0) is 23.8. The first kappa shape index (κ1) is 27.1. The summed E-state index contributed by atoms with van der Waals surface area (Å²) in [6.07, 6.45) is 25.2. The van der Waals surface area contributed by atoms with E-state index in [9.17, 15) is 0 Å². The average Bonchev–Trinajstić information content (AvgIpc) is 3.42. The fourth-order valence-electron chi connectivity index (χ4n) is 4.30. The van der Waals surface area contributed by atoms with Gasteiger partial charge in [0.1, 0.15) is 0 Å². The van der Waals surface area contributed by atoms with E-state index >= 15 is 0 Å². The molecule has 0 aliphatic rings. The van der Waals surface area contributed by atoms with Gasteiger partial charge in [-0.05, 0) is 30.9 Å². The molecule has 0 saturated carbocycles. The summed E-state index contributed by atoms with van der Waals surface area (Å²) in [6.45, 7) is 5.37. The van der Waals surface area contributed by atoms with Gasteiger partial charge in [-0.1, -0.05) is 109 Å². The van der Waals surface area contributed by atoms with Crippen LogP contribution >= 0.6 is 22.7 Å². The normalized spacial score (nSPS) is 11.5. The molecule has 0 amide bonds. The van der Waals surface area contributed by atoms with E-state index in [1.807, 2.05) is 12.4 Å². The Kier molecular flexibility index (Phi) is 13.0. The zero-order valence-electron chi connectivity index (χ0n) is 21.4. The molecule has 0 saturated heterocycles. The predicted octanol–water partition coefficient (Wildman–Crippen LogP) is 10.2. The molecule has 3 nitrogen and oxygen atoms in total. The molecular formula is C29H44N2OS2. The summed E-state index contributed by atoms with van der Waals surface area (Å²) in [7, 11) is 0. The summed E-state index contributed by atoms with van der Waals surface area (Å²) >= 11 is 3.52. The minimum Gasteiger partial charge on any atom is -0.484 e. The topological polar surface area (TPSA) is 35.0 Å². The number of hydrogen-bond acceptors (Lipinski definition) is 5. The summed E-state index contributed by atoms with van der Waals surface area (Å²) < 4.78 is 8.60. The van der Waals surface area contributed by atoms with Gasteiger partial charge in [0.2, 0.25) is 0 Å². The molecule has 3 aromatic rings. The molecule has 0 aliphatic heterocycles. The highest BCUT2D eigenvalue weighted by atomic mass is 32.1. The molecule has 0 spiro atoms. The van der Waals surface area contributed by atoms with Crippen molar-refractivity contribution in [2.45, 2.75) is 117 Å². The van der Waals surface area contributed by atoms with Crippen LogP contribution in [0.1, 0.15) is 116 Å². The van der Waals surface area contributed by atoms with Crippen LogP contribution in [0.15, 0.2) is 24.5 Å². The fourth-order valence-corrected chi connectivity index (χ4v) is 6.51. The van der Waals surface area contributed by atoms with Gasteiger partial charge in [0.25, 0.3) is 0 Å². The number of thiophene rings is 2. The van der Waals surface area contributed by atoms with Gasteiger partial charge < -0.3 is 4.74 Å². The SMILES string of the molecule is CCCCCCCCCCCCOc1cc2sc(-c3ncc(CCCCCCC)cn3)cc2s1. The molecular weight excluding hydrogens is 456 g/mol. The number of rotatable bonds is 19. The van der Waals surface area contributed by atoms with E-state index in [0.29, 0.717) is 0 Å². The molecule has 0 radical (unpaired) electrons. The zero-order valence-corrected chi connectivity index (χ0v) is 23.1.